The number of piperidine rings is 1. The van der Waals surface area contributed by atoms with Crippen molar-refractivity contribution in [2.24, 2.45) is 5.92 Å². The maximum atomic E-state index is 13.2. The Morgan fingerprint density at radius 3 is 2.59 bits per heavy atom. The molecule has 0 spiro atoms. The van der Waals surface area contributed by atoms with Crippen molar-refractivity contribution in [1.29, 1.82) is 0 Å². The van der Waals surface area contributed by atoms with Gasteiger partial charge >= 0.3 is 0 Å². The van der Waals surface area contributed by atoms with Crippen molar-refractivity contribution in [3.05, 3.63) is 0 Å². The van der Waals surface area contributed by atoms with Crippen LogP contribution in [0.1, 0.15) is 38.5 Å². The molecule has 2 rings (SSSR count). The second-order valence-corrected chi connectivity index (χ2v) is 5.80. The van der Waals surface area contributed by atoms with Crippen molar-refractivity contribution < 1.29 is 8.78 Å². The van der Waals surface area contributed by atoms with Gasteiger partial charge < -0.3 is 10.2 Å². The van der Waals surface area contributed by atoms with Gasteiger partial charge in [0.25, 0.3) is 0 Å². The van der Waals surface area contributed by atoms with Crippen LogP contribution in [0, 0.1) is 5.92 Å². The van der Waals surface area contributed by atoms with E-state index in [1.165, 1.54) is 0 Å². The average Bonchev–Trinajstić information content (AvgIpc) is 2.27. The maximum absolute atomic E-state index is 13.2. The summed E-state index contributed by atoms with van der Waals surface area (Å²) in [7, 11) is 2.14. The molecule has 1 aliphatic carbocycles. The summed E-state index contributed by atoms with van der Waals surface area (Å²) in [5.74, 6) is -2.23. The third-order valence-corrected chi connectivity index (χ3v) is 4.16. The lowest BCUT2D eigenvalue weighted by Crippen LogP contribution is -2.43. The molecule has 17 heavy (non-hydrogen) atoms. The molecule has 2 nitrogen and oxygen atoms in total. The van der Waals surface area contributed by atoms with Gasteiger partial charge in [0, 0.05) is 18.9 Å². The minimum absolute atomic E-state index is 0.0899. The van der Waals surface area contributed by atoms with E-state index in [2.05, 4.69) is 17.3 Å². The van der Waals surface area contributed by atoms with Gasteiger partial charge in [-0.15, -0.1) is 0 Å². The normalized spacial score (nSPS) is 31.6. The summed E-state index contributed by atoms with van der Waals surface area (Å²) in [6.45, 7) is 3.03. The van der Waals surface area contributed by atoms with Crippen LogP contribution in [0.5, 0.6) is 0 Å². The summed E-state index contributed by atoms with van der Waals surface area (Å²) in [6, 6.07) is 0.543. The highest BCUT2D eigenvalue weighted by molar-refractivity contribution is 4.82. The van der Waals surface area contributed by atoms with Crippen LogP contribution in [0.2, 0.25) is 0 Å². The van der Waals surface area contributed by atoms with Crippen molar-refractivity contribution in [3.8, 4) is 0 Å². The van der Waals surface area contributed by atoms with Crippen LogP contribution in [0.4, 0.5) is 8.78 Å². The molecule has 100 valence electrons. The standard InChI is InChI=1S/C13H24F2N2/c1-17-7-4-12(5-8-17)16-10-11-3-2-6-13(14,15)9-11/h11-12,16H,2-10H2,1H3. The number of hydrogen-bond donors (Lipinski definition) is 1. The first kappa shape index (κ1) is 13.2. The number of likely N-dealkylation sites (tertiary alicyclic amines) is 1. The fraction of sp³-hybridized carbons (Fsp3) is 1.00. The van der Waals surface area contributed by atoms with Gasteiger partial charge in [-0.1, -0.05) is 0 Å². The Bertz CT molecular complexity index is 238. The first-order chi connectivity index (χ1) is 8.05. The van der Waals surface area contributed by atoms with Gasteiger partial charge in [0.15, 0.2) is 0 Å². The van der Waals surface area contributed by atoms with Gasteiger partial charge in [-0.3, -0.25) is 0 Å². The van der Waals surface area contributed by atoms with Gasteiger partial charge in [0.2, 0.25) is 5.92 Å². The van der Waals surface area contributed by atoms with Crippen molar-refractivity contribution in [2.45, 2.75) is 50.5 Å². The fourth-order valence-electron chi connectivity index (χ4n) is 3.00. The SMILES string of the molecule is CN1CCC(NCC2CCCC(F)(F)C2)CC1. The zero-order valence-corrected chi connectivity index (χ0v) is 10.7. The highest BCUT2D eigenvalue weighted by Crippen LogP contribution is 2.36. The zero-order chi connectivity index (χ0) is 12.3. The highest BCUT2D eigenvalue weighted by Gasteiger charge is 2.36. The van der Waals surface area contributed by atoms with Gasteiger partial charge in [0.1, 0.15) is 0 Å². The third-order valence-electron chi connectivity index (χ3n) is 4.16. The Kier molecular flexibility index (Phi) is 4.36. The fourth-order valence-corrected chi connectivity index (χ4v) is 3.00. The third kappa shape index (κ3) is 4.18. The molecule has 1 unspecified atom stereocenters. The maximum Gasteiger partial charge on any atom is 0.248 e. The molecule has 0 amide bonds. The molecule has 4 heteroatoms. The van der Waals surface area contributed by atoms with Gasteiger partial charge in [-0.05, 0) is 58.3 Å². The topological polar surface area (TPSA) is 15.3 Å². The van der Waals surface area contributed by atoms with E-state index in [0.717, 1.165) is 38.9 Å². The number of nitrogens with one attached hydrogen (secondary N) is 1. The van der Waals surface area contributed by atoms with E-state index in [4.69, 9.17) is 0 Å². The largest absolute Gasteiger partial charge is 0.314 e. The Hall–Kier alpha value is -0.220. The molecule has 1 saturated carbocycles. The van der Waals surface area contributed by atoms with Gasteiger partial charge in [-0.2, -0.15) is 0 Å². The summed E-state index contributed by atoms with van der Waals surface area (Å²) < 4.78 is 26.5. The van der Waals surface area contributed by atoms with E-state index in [0.29, 0.717) is 12.5 Å². The molecule has 1 atom stereocenters. The van der Waals surface area contributed by atoms with Crippen molar-refractivity contribution in [3.63, 3.8) is 0 Å². The Balaban J connectivity index is 1.68. The number of nitrogens with zero attached hydrogens (tertiary/aromatic N) is 1. The first-order valence-corrected chi connectivity index (χ1v) is 6.85. The van der Waals surface area contributed by atoms with Crippen molar-refractivity contribution >= 4 is 0 Å². The van der Waals surface area contributed by atoms with Gasteiger partial charge in [0.05, 0.1) is 0 Å². The van der Waals surface area contributed by atoms with Crippen LogP contribution in [0.25, 0.3) is 0 Å². The number of halogens is 2. The smallest absolute Gasteiger partial charge is 0.248 e. The molecule has 1 aliphatic heterocycles. The second kappa shape index (κ2) is 5.61. The lowest BCUT2D eigenvalue weighted by molar-refractivity contribution is -0.0524. The summed E-state index contributed by atoms with van der Waals surface area (Å²) in [4.78, 5) is 2.33. The predicted octanol–water partition coefficient (Wildman–Crippen LogP) is 2.50. The minimum atomic E-state index is -2.41. The number of alkyl halides is 2. The second-order valence-electron chi connectivity index (χ2n) is 5.80. The molecule has 1 N–H and O–H groups in total. The lowest BCUT2D eigenvalue weighted by Gasteiger charge is -2.33. The lowest BCUT2D eigenvalue weighted by atomic mass is 9.86. The zero-order valence-electron chi connectivity index (χ0n) is 10.7. The Morgan fingerprint density at radius 1 is 1.24 bits per heavy atom. The monoisotopic (exact) mass is 246 g/mol. The van der Waals surface area contributed by atoms with Crippen molar-refractivity contribution in [1.82, 2.24) is 10.2 Å². The summed E-state index contributed by atoms with van der Waals surface area (Å²) in [5, 5.41) is 3.49. The van der Waals surface area contributed by atoms with E-state index < -0.39 is 5.92 Å². The molecular weight excluding hydrogens is 222 g/mol. The highest BCUT2D eigenvalue weighted by atomic mass is 19.3. The van der Waals surface area contributed by atoms with Gasteiger partial charge in [-0.25, -0.2) is 8.78 Å². The van der Waals surface area contributed by atoms with Crippen LogP contribution >= 0.6 is 0 Å². The molecular formula is C13H24F2N2. The van der Waals surface area contributed by atoms with Crippen molar-refractivity contribution in [2.75, 3.05) is 26.7 Å². The average molecular weight is 246 g/mol. The van der Waals surface area contributed by atoms with E-state index in [-0.39, 0.29) is 18.8 Å². The predicted molar refractivity (Wildman–Crippen MR) is 65.4 cm³/mol. The van der Waals surface area contributed by atoms with Crippen LogP contribution in [0.15, 0.2) is 0 Å². The molecule has 1 saturated heterocycles. The molecule has 2 fully saturated rings. The van der Waals surface area contributed by atoms with E-state index >= 15 is 0 Å². The molecule has 0 aromatic heterocycles. The van der Waals surface area contributed by atoms with Crippen LogP contribution in [0.3, 0.4) is 0 Å². The molecule has 2 aliphatic rings. The minimum Gasteiger partial charge on any atom is -0.314 e. The van der Waals surface area contributed by atoms with E-state index in [1.807, 2.05) is 0 Å². The molecule has 0 bridgehead atoms. The van der Waals surface area contributed by atoms with Crippen LogP contribution < -0.4 is 5.32 Å². The molecule has 1 heterocycles. The van der Waals surface area contributed by atoms with E-state index in [9.17, 15) is 8.78 Å². The Morgan fingerprint density at radius 2 is 1.94 bits per heavy atom. The summed E-state index contributed by atoms with van der Waals surface area (Å²) >= 11 is 0. The summed E-state index contributed by atoms with van der Waals surface area (Å²) in [5.41, 5.74) is 0. The Labute approximate surface area is 103 Å². The van der Waals surface area contributed by atoms with Crippen LogP contribution in [-0.2, 0) is 0 Å². The number of hydrogen-bond acceptors (Lipinski definition) is 2. The molecule has 0 aromatic rings. The summed E-state index contributed by atoms with van der Waals surface area (Å²) in [6.07, 6.45) is 4.14. The molecule has 0 aromatic carbocycles. The van der Waals surface area contributed by atoms with E-state index in [1.54, 1.807) is 0 Å². The quantitative estimate of drug-likeness (QED) is 0.823. The first-order valence-electron chi connectivity index (χ1n) is 6.85. The number of rotatable bonds is 3. The molecule has 0 radical (unpaired) electrons. The van der Waals surface area contributed by atoms with Crippen LogP contribution in [-0.4, -0.2) is 43.5 Å².